The molecule has 0 saturated carbocycles. The average Bonchev–Trinajstić information content (AvgIpc) is 2.66. The summed E-state index contributed by atoms with van der Waals surface area (Å²) in [4.78, 5) is 25.2. The number of benzene rings is 2. The largest absolute Gasteiger partial charge is 0.573 e. The molecule has 0 fully saturated rings. The van der Waals surface area contributed by atoms with Crippen LogP contribution in [0.4, 0.5) is 13.2 Å². The van der Waals surface area contributed by atoms with Gasteiger partial charge in [-0.15, -0.1) is 13.2 Å². The minimum Gasteiger partial charge on any atom is -0.406 e. The summed E-state index contributed by atoms with van der Waals surface area (Å²) in [5.41, 5.74) is 1.94. The van der Waals surface area contributed by atoms with Crippen LogP contribution >= 0.6 is 0 Å². The second-order valence-electron chi connectivity index (χ2n) is 5.92. The number of carbonyl (C=O) groups is 2. The Bertz CT molecular complexity index is 844. The molecule has 1 N–H and O–H groups in total. The molecule has 0 unspecified atom stereocenters. The number of amides is 2. The third-order valence-electron chi connectivity index (χ3n) is 3.77. The van der Waals surface area contributed by atoms with E-state index in [2.05, 4.69) is 10.1 Å². The van der Waals surface area contributed by atoms with Crippen molar-refractivity contribution in [3.05, 3.63) is 71.3 Å². The number of rotatable bonds is 6. The Morgan fingerprint density at radius 1 is 1.07 bits per heavy atom. The summed E-state index contributed by atoms with van der Waals surface area (Å²) in [5, 5.41) is 2.53. The van der Waals surface area contributed by atoms with Crippen LogP contribution in [0.2, 0.25) is 0 Å². The van der Waals surface area contributed by atoms with E-state index in [9.17, 15) is 22.8 Å². The van der Waals surface area contributed by atoms with Gasteiger partial charge in [0.15, 0.2) is 0 Å². The van der Waals surface area contributed by atoms with Crippen LogP contribution in [0.3, 0.4) is 0 Å². The quantitative estimate of drug-likeness (QED) is 0.764. The molecule has 0 aliphatic carbocycles. The third-order valence-corrected chi connectivity index (χ3v) is 3.77. The summed E-state index contributed by atoms with van der Waals surface area (Å²) in [6.07, 6.45) is -1.90. The van der Waals surface area contributed by atoms with Crippen molar-refractivity contribution < 1.29 is 27.5 Å². The average molecular weight is 392 g/mol. The van der Waals surface area contributed by atoms with Crippen LogP contribution < -0.4 is 10.1 Å². The molecule has 2 amide bonds. The van der Waals surface area contributed by atoms with E-state index in [4.69, 9.17) is 0 Å². The van der Waals surface area contributed by atoms with Gasteiger partial charge in [0.1, 0.15) is 5.75 Å². The van der Waals surface area contributed by atoms with E-state index >= 15 is 0 Å². The lowest BCUT2D eigenvalue weighted by Gasteiger charge is -2.15. The van der Waals surface area contributed by atoms with Crippen molar-refractivity contribution in [2.75, 3.05) is 14.1 Å². The molecule has 148 valence electrons. The molecule has 0 bridgehead atoms. The van der Waals surface area contributed by atoms with E-state index in [1.807, 2.05) is 0 Å². The van der Waals surface area contributed by atoms with Crippen LogP contribution in [0.1, 0.15) is 21.5 Å². The monoisotopic (exact) mass is 392 g/mol. The van der Waals surface area contributed by atoms with Gasteiger partial charge in [0.05, 0.1) is 0 Å². The summed E-state index contributed by atoms with van der Waals surface area (Å²) in [6, 6.07) is 12.1. The SMILES string of the molecule is CNC(=O)c1ccc(CN(C)C(=O)/C=C/c2ccc(OC(F)(F)F)cc2)cc1. The van der Waals surface area contributed by atoms with Crippen molar-refractivity contribution in [1.82, 2.24) is 10.2 Å². The van der Waals surface area contributed by atoms with Crippen LogP contribution in [-0.4, -0.2) is 37.2 Å². The van der Waals surface area contributed by atoms with E-state index in [-0.39, 0.29) is 17.6 Å². The van der Waals surface area contributed by atoms with Gasteiger partial charge in [0, 0.05) is 32.3 Å². The highest BCUT2D eigenvalue weighted by Gasteiger charge is 2.30. The summed E-state index contributed by atoms with van der Waals surface area (Å²) >= 11 is 0. The molecular weight excluding hydrogens is 373 g/mol. The van der Waals surface area contributed by atoms with Gasteiger partial charge >= 0.3 is 6.36 Å². The number of nitrogens with zero attached hydrogens (tertiary/aromatic N) is 1. The fourth-order valence-corrected chi connectivity index (χ4v) is 2.33. The molecule has 2 rings (SSSR count). The molecule has 0 aliphatic rings. The molecule has 0 radical (unpaired) electrons. The molecule has 0 saturated heterocycles. The van der Waals surface area contributed by atoms with Crippen molar-refractivity contribution in [3.8, 4) is 5.75 Å². The fraction of sp³-hybridized carbons (Fsp3) is 0.200. The molecule has 0 spiro atoms. The Morgan fingerprint density at radius 2 is 1.68 bits per heavy atom. The van der Waals surface area contributed by atoms with Crippen LogP contribution in [0.15, 0.2) is 54.6 Å². The third kappa shape index (κ3) is 6.46. The summed E-state index contributed by atoms with van der Waals surface area (Å²) in [7, 11) is 3.17. The van der Waals surface area contributed by atoms with E-state index < -0.39 is 6.36 Å². The molecule has 0 atom stereocenters. The Balaban J connectivity index is 1.93. The van der Waals surface area contributed by atoms with Gasteiger partial charge in [-0.2, -0.15) is 0 Å². The van der Waals surface area contributed by atoms with Crippen LogP contribution in [0, 0.1) is 0 Å². The van der Waals surface area contributed by atoms with Crippen molar-refractivity contribution in [2.45, 2.75) is 12.9 Å². The Kier molecular flexibility index (Phi) is 6.81. The fourth-order valence-electron chi connectivity index (χ4n) is 2.33. The highest BCUT2D eigenvalue weighted by molar-refractivity contribution is 5.94. The minimum absolute atomic E-state index is 0.189. The van der Waals surface area contributed by atoms with Gasteiger partial charge in [-0.3, -0.25) is 9.59 Å². The lowest BCUT2D eigenvalue weighted by Crippen LogP contribution is -2.24. The summed E-state index contributed by atoms with van der Waals surface area (Å²) < 4.78 is 40.2. The number of ether oxygens (including phenoxy) is 1. The first kappa shape index (κ1) is 21.0. The van der Waals surface area contributed by atoms with E-state index in [0.717, 1.165) is 5.56 Å². The second-order valence-corrected chi connectivity index (χ2v) is 5.92. The van der Waals surface area contributed by atoms with Gasteiger partial charge in [-0.1, -0.05) is 24.3 Å². The topological polar surface area (TPSA) is 58.6 Å². The lowest BCUT2D eigenvalue weighted by atomic mass is 10.1. The predicted octanol–water partition coefficient (Wildman–Crippen LogP) is 3.62. The molecule has 5 nitrogen and oxygen atoms in total. The van der Waals surface area contributed by atoms with E-state index in [0.29, 0.717) is 17.7 Å². The zero-order valence-electron chi connectivity index (χ0n) is 15.3. The number of halogens is 3. The number of hydrogen-bond donors (Lipinski definition) is 1. The summed E-state index contributed by atoms with van der Waals surface area (Å²) in [5.74, 6) is -0.787. The van der Waals surface area contributed by atoms with Gasteiger partial charge in [-0.25, -0.2) is 0 Å². The Labute approximate surface area is 160 Å². The highest BCUT2D eigenvalue weighted by atomic mass is 19.4. The minimum atomic E-state index is -4.74. The second kappa shape index (κ2) is 9.07. The van der Waals surface area contributed by atoms with E-state index in [1.54, 1.807) is 38.4 Å². The van der Waals surface area contributed by atoms with Gasteiger partial charge in [-0.05, 0) is 41.5 Å². The van der Waals surface area contributed by atoms with Crippen LogP contribution in [0.25, 0.3) is 6.08 Å². The number of likely N-dealkylation sites (N-methyl/N-ethyl adjacent to an activating group) is 1. The molecule has 2 aromatic carbocycles. The van der Waals surface area contributed by atoms with Gasteiger partial charge in [0.2, 0.25) is 5.91 Å². The number of carbonyl (C=O) groups excluding carboxylic acids is 2. The van der Waals surface area contributed by atoms with Crippen LogP contribution in [-0.2, 0) is 11.3 Å². The van der Waals surface area contributed by atoms with Crippen LogP contribution in [0.5, 0.6) is 5.75 Å². The predicted molar refractivity (Wildman–Crippen MR) is 98.5 cm³/mol. The smallest absolute Gasteiger partial charge is 0.406 e. The van der Waals surface area contributed by atoms with Crippen molar-refractivity contribution in [2.24, 2.45) is 0 Å². The number of hydrogen-bond acceptors (Lipinski definition) is 3. The maximum atomic E-state index is 12.2. The number of nitrogens with one attached hydrogen (secondary N) is 1. The Morgan fingerprint density at radius 3 is 2.21 bits per heavy atom. The normalized spacial score (nSPS) is 11.3. The Hall–Kier alpha value is -3.29. The molecule has 0 heterocycles. The standard InChI is InChI=1S/C20H19F3N2O3/c1-24-19(27)16-8-3-15(4-9-16)13-25(2)18(26)12-7-14-5-10-17(11-6-14)28-20(21,22)23/h3-12H,13H2,1-2H3,(H,24,27)/b12-7+. The first-order valence-corrected chi connectivity index (χ1v) is 8.28. The molecule has 0 aliphatic heterocycles. The first-order chi connectivity index (χ1) is 13.2. The molecule has 0 aromatic heterocycles. The maximum Gasteiger partial charge on any atom is 0.573 e. The molecular formula is C20H19F3N2O3. The van der Waals surface area contributed by atoms with E-state index in [1.165, 1.54) is 41.3 Å². The molecule has 28 heavy (non-hydrogen) atoms. The van der Waals surface area contributed by atoms with Crippen molar-refractivity contribution >= 4 is 17.9 Å². The van der Waals surface area contributed by atoms with Crippen molar-refractivity contribution in [3.63, 3.8) is 0 Å². The zero-order chi connectivity index (χ0) is 20.7. The molecule has 8 heteroatoms. The first-order valence-electron chi connectivity index (χ1n) is 8.28. The maximum absolute atomic E-state index is 12.2. The lowest BCUT2D eigenvalue weighted by molar-refractivity contribution is -0.274. The van der Waals surface area contributed by atoms with Crippen molar-refractivity contribution in [1.29, 1.82) is 0 Å². The molecule has 2 aromatic rings. The van der Waals surface area contributed by atoms with Gasteiger partial charge < -0.3 is 15.0 Å². The van der Waals surface area contributed by atoms with Gasteiger partial charge in [0.25, 0.3) is 5.91 Å². The summed E-state index contributed by atoms with van der Waals surface area (Å²) in [6.45, 7) is 0.343. The zero-order valence-corrected chi connectivity index (χ0v) is 15.3. The highest BCUT2D eigenvalue weighted by Crippen LogP contribution is 2.23. The number of alkyl halides is 3.